The van der Waals surface area contributed by atoms with Gasteiger partial charge in [-0.05, 0) is 0 Å². The number of hydrogen-bond acceptors (Lipinski definition) is 5. The normalized spacial score (nSPS) is 18.5. The van der Waals surface area contributed by atoms with Crippen molar-refractivity contribution >= 4 is 20.9 Å². The van der Waals surface area contributed by atoms with Gasteiger partial charge in [0.1, 0.15) is 0 Å². The zero-order valence-corrected chi connectivity index (χ0v) is 8.87. The van der Waals surface area contributed by atoms with Gasteiger partial charge in [-0.25, -0.2) is 12.6 Å². The Bertz CT molecular complexity index is 308. The lowest BCUT2D eigenvalue weighted by atomic mass is 10.3. The van der Waals surface area contributed by atoms with E-state index in [1.54, 1.807) is 0 Å². The first-order valence-corrected chi connectivity index (χ1v) is 6.56. The summed E-state index contributed by atoms with van der Waals surface area (Å²) in [6.45, 7) is 3.02. The summed E-state index contributed by atoms with van der Waals surface area (Å²) in [5.41, 5.74) is 0. The first-order valence-electron chi connectivity index (χ1n) is 3.57. The van der Waals surface area contributed by atoms with Gasteiger partial charge in [-0.2, -0.15) is 0 Å². The van der Waals surface area contributed by atoms with Crippen molar-refractivity contribution in [2.24, 2.45) is 0 Å². The third kappa shape index (κ3) is 5.45. The van der Waals surface area contributed by atoms with Crippen LogP contribution < -0.4 is 0 Å². The van der Waals surface area contributed by atoms with Gasteiger partial charge in [-0.15, -0.1) is 0 Å². The third-order valence-corrected chi connectivity index (χ3v) is 3.36. The summed E-state index contributed by atoms with van der Waals surface area (Å²) < 4.78 is 40.3. The van der Waals surface area contributed by atoms with Crippen LogP contribution in [0.5, 0.6) is 0 Å². The molecule has 0 aromatic carbocycles. The zero-order valence-electron chi connectivity index (χ0n) is 7.24. The van der Waals surface area contributed by atoms with E-state index in [1.165, 1.54) is 0 Å². The highest BCUT2D eigenvalue weighted by molar-refractivity contribution is 7.94. The molecule has 3 atom stereocenters. The lowest BCUT2D eigenvalue weighted by molar-refractivity contribution is 0.0477. The minimum atomic E-state index is -3.63. The SMILES string of the molecule is C=CS(=O)(=O)CC(O)C(O)CS(=O)O. The molecular weight excluding hydrogens is 232 g/mol. The van der Waals surface area contributed by atoms with Gasteiger partial charge in [0.25, 0.3) is 0 Å². The predicted octanol–water partition coefficient (Wildman–Crippen LogP) is -1.51. The van der Waals surface area contributed by atoms with Gasteiger partial charge in [0, 0.05) is 5.41 Å². The molecule has 6 nitrogen and oxygen atoms in total. The highest BCUT2D eigenvalue weighted by Gasteiger charge is 2.23. The van der Waals surface area contributed by atoms with Crippen molar-refractivity contribution < 1.29 is 27.4 Å². The Kier molecular flexibility index (Phi) is 5.45. The maximum Gasteiger partial charge on any atom is 0.173 e. The Hall–Kier alpha value is -0.280. The molecule has 8 heteroatoms. The molecule has 3 N–H and O–H groups in total. The van der Waals surface area contributed by atoms with Crippen molar-refractivity contribution in [2.45, 2.75) is 12.2 Å². The van der Waals surface area contributed by atoms with Crippen molar-refractivity contribution in [3.63, 3.8) is 0 Å². The average Bonchev–Trinajstić information content (AvgIpc) is 2.02. The van der Waals surface area contributed by atoms with Crippen LogP contribution in [0, 0.1) is 0 Å². The molecule has 0 aliphatic rings. The molecule has 0 saturated heterocycles. The fourth-order valence-electron chi connectivity index (χ4n) is 0.674. The van der Waals surface area contributed by atoms with Crippen LogP contribution in [-0.4, -0.2) is 51.1 Å². The number of aliphatic hydroxyl groups is 2. The van der Waals surface area contributed by atoms with Crippen LogP contribution in [0.1, 0.15) is 0 Å². The van der Waals surface area contributed by atoms with Gasteiger partial charge < -0.3 is 14.8 Å². The van der Waals surface area contributed by atoms with Gasteiger partial charge in [-0.1, -0.05) is 6.58 Å². The van der Waals surface area contributed by atoms with Crippen molar-refractivity contribution in [1.82, 2.24) is 0 Å². The number of rotatable bonds is 6. The van der Waals surface area contributed by atoms with Crippen LogP contribution in [0.4, 0.5) is 0 Å². The van der Waals surface area contributed by atoms with E-state index >= 15 is 0 Å². The molecule has 0 heterocycles. The summed E-state index contributed by atoms with van der Waals surface area (Å²) in [6, 6.07) is 0. The Balaban J connectivity index is 4.28. The monoisotopic (exact) mass is 244 g/mol. The molecule has 0 fully saturated rings. The number of aliphatic hydroxyl groups excluding tert-OH is 2. The van der Waals surface area contributed by atoms with E-state index in [2.05, 4.69) is 6.58 Å². The maximum absolute atomic E-state index is 10.9. The molecule has 84 valence electrons. The minimum Gasteiger partial charge on any atom is -0.389 e. The summed E-state index contributed by atoms with van der Waals surface area (Å²) in [6.07, 6.45) is -3.13. The summed E-state index contributed by atoms with van der Waals surface area (Å²) in [4.78, 5) is 0. The zero-order chi connectivity index (χ0) is 11.4. The summed E-state index contributed by atoms with van der Waals surface area (Å²) >= 11 is -2.28. The molecular formula is C6H12O6S2. The lowest BCUT2D eigenvalue weighted by Gasteiger charge is -2.14. The topological polar surface area (TPSA) is 112 Å². The third-order valence-electron chi connectivity index (χ3n) is 1.41. The molecule has 3 unspecified atom stereocenters. The van der Waals surface area contributed by atoms with Gasteiger partial charge in [-0.3, -0.25) is 0 Å². The van der Waals surface area contributed by atoms with Crippen LogP contribution >= 0.6 is 0 Å². The molecule has 0 aliphatic heterocycles. The van der Waals surface area contributed by atoms with Gasteiger partial charge >= 0.3 is 0 Å². The average molecular weight is 244 g/mol. The van der Waals surface area contributed by atoms with E-state index in [0.29, 0.717) is 5.41 Å². The van der Waals surface area contributed by atoms with E-state index in [9.17, 15) is 12.6 Å². The van der Waals surface area contributed by atoms with Crippen LogP contribution in [0.2, 0.25) is 0 Å². The largest absolute Gasteiger partial charge is 0.389 e. The number of hydrogen-bond donors (Lipinski definition) is 3. The Morgan fingerprint density at radius 1 is 1.36 bits per heavy atom. The number of sulfone groups is 1. The van der Waals surface area contributed by atoms with Gasteiger partial charge in [0.15, 0.2) is 20.9 Å². The molecule has 0 aromatic rings. The second kappa shape index (κ2) is 5.56. The van der Waals surface area contributed by atoms with E-state index in [0.717, 1.165) is 0 Å². The van der Waals surface area contributed by atoms with E-state index < -0.39 is 44.6 Å². The second-order valence-corrected chi connectivity index (χ2v) is 5.59. The first kappa shape index (κ1) is 13.7. The highest BCUT2D eigenvalue weighted by atomic mass is 32.2. The van der Waals surface area contributed by atoms with Crippen LogP contribution in [0.15, 0.2) is 12.0 Å². The summed E-state index contributed by atoms with van der Waals surface area (Å²) in [5, 5.41) is 18.8. The van der Waals surface area contributed by atoms with E-state index in [4.69, 9.17) is 14.8 Å². The van der Waals surface area contributed by atoms with Gasteiger partial charge in [0.2, 0.25) is 0 Å². The van der Waals surface area contributed by atoms with Gasteiger partial charge in [0.05, 0.1) is 23.7 Å². The molecule has 0 bridgehead atoms. The quantitative estimate of drug-likeness (QED) is 0.490. The Labute approximate surface area is 84.5 Å². The lowest BCUT2D eigenvalue weighted by Crippen LogP contribution is -2.36. The second-order valence-electron chi connectivity index (χ2n) is 2.62. The standard InChI is InChI=1S/C6H12O6S2/c1-2-14(11,12)4-6(8)5(7)3-13(9)10/h2,5-8H,1,3-4H2,(H,9,10). The molecule has 0 aromatic heterocycles. The van der Waals surface area contributed by atoms with E-state index in [-0.39, 0.29) is 0 Å². The van der Waals surface area contributed by atoms with Crippen molar-refractivity contribution in [3.8, 4) is 0 Å². The van der Waals surface area contributed by atoms with Crippen LogP contribution in [0.3, 0.4) is 0 Å². The maximum atomic E-state index is 10.9. The molecule has 0 amide bonds. The molecule has 0 aliphatic carbocycles. The summed E-state index contributed by atoms with van der Waals surface area (Å²) in [7, 11) is -3.63. The molecule has 0 spiro atoms. The van der Waals surface area contributed by atoms with E-state index in [1.807, 2.05) is 0 Å². The first-order chi connectivity index (χ1) is 6.28. The smallest absolute Gasteiger partial charge is 0.173 e. The fourth-order valence-corrected chi connectivity index (χ4v) is 2.02. The fraction of sp³-hybridized carbons (Fsp3) is 0.667. The van der Waals surface area contributed by atoms with Crippen LogP contribution in [0.25, 0.3) is 0 Å². The molecule has 14 heavy (non-hydrogen) atoms. The predicted molar refractivity (Wildman–Crippen MR) is 51.6 cm³/mol. The Morgan fingerprint density at radius 3 is 2.21 bits per heavy atom. The van der Waals surface area contributed by atoms with Crippen LogP contribution in [-0.2, 0) is 20.9 Å². The summed E-state index contributed by atoms with van der Waals surface area (Å²) in [5.74, 6) is -1.30. The molecule has 0 radical (unpaired) electrons. The van der Waals surface area contributed by atoms with Crippen molar-refractivity contribution in [1.29, 1.82) is 0 Å². The van der Waals surface area contributed by atoms with Crippen molar-refractivity contribution in [2.75, 3.05) is 11.5 Å². The minimum absolute atomic E-state index is 0.589. The molecule has 0 saturated carbocycles. The Morgan fingerprint density at radius 2 is 1.86 bits per heavy atom. The molecule has 0 rings (SSSR count). The van der Waals surface area contributed by atoms with Crippen molar-refractivity contribution in [3.05, 3.63) is 12.0 Å². The highest BCUT2D eigenvalue weighted by Crippen LogP contribution is 2.01.